The lowest BCUT2D eigenvalue weighted by Gasteiger charge is -2.48. The molecule has 1 spiro atoms. The molecule has 6 rings (SSSR count). The standard InChI is InChI=1S/C36H37NO6/c1-26-18-20-30(21-19-26)31-22-36(43-37-31)34(41-25-29-16-10-5-11-17-29)32(39-23-27-12-6-3-7-13-27)33(35(38-2)42-36)40-24-28-14-8-4-9-15-28/h3-21,32-35H,22-25H2,1-2H3/t32-,33-,34+,35+,36-/m1/s1. The van der Waals surface area contributed by atoms with Crippen LogP contribution in [-0.4, -0.2) is 43.2 Å². The minimum Gasteiger partial charge on any atom is -0.368 e. The normalized spacial score (nSPS) is 24.9. The lowest BCUT2D eigenvalue weighted by Crippen LogP contribution is -2.66. The Kier molecular flexibility index (Phi) is 9.27. The van der Waals surface area contributed by atoms with E-state index in [1.165, 1.54) is 5.56 Å². The summed E-state index contributed by atoms with van der Waals surface area (Å²) >= 11 is 0. The maximum absolute atomic E-state index is 6.71. The van der Waals surface area contributed by atoms with Crippen LogP contribution in [0.2, 0.25) is 0 Å². The summed E-state index contributed by atoms with van der Waals surface area (Å²) in [5, 5.41) is 4.52. The van der Waals surface area contributed by atoms with Crippen molar-refractivity contribution in [2.24, 2.45) is 5.16 Å². The van der Waals surface area contributed by atoms with Crippen molar-refractivity contribution in [3.8, 4) is 0 Å². The second-order valence-electron chi connectivity index (χ2n) is 10.9. The van der Waals surface area contributed by atoms with Gasteiger partial charge in [-0.15, -0.1) is 0 Å². The summed E-state index contributed by atoms with van der Waals surface area (Å²) in [6.45, 7) is 3.09. The third kappa shape index (κ3) is 6.88. The highest BCUT2D eigenvalue weighted by Gasteiger charge is 2.61. The van der Waals surface area contributed by atoms with Crippen LogP contribution in [0.1, 0.15) is 34.2 Å². The van der Waals surface area contributed by atoms with Crippen molar-refractivity contribution in [1.82, 2.24) is 0 Å². The number of methoxy groups -OCH3 is 1. The van der Waals surface area contributed by atoms with Gasteiger partial charge in [0.25, 0.3) is 5.79 Å². The largest absolute Gasteiger partial charge is 0.368 e. The fourth-order valence-corrected chi connectivity index (χ4v) is 5.51. The van der Waals surface area contributed by atoms with Gasteiger partial charge in [-0.3, -0.25) is 0 Å². The molecule has 4 aromatic rings. The van der Waals surface area contributed by atoms with Crippen LogP contribution in [0.25, 0.3) is 0 Å². The predicted octanol–water partition coefficient (Wildman–Crippen LogP) is 6.57. The third-order valence-electron chi connectivity index (χ3n) is 7.82. The van der Waals surface area contributed by atoms with Crippen LogP contribution >= 0.6 is 0 Å². The molecule has 2 aliphatic heterocycles. The van der Waals surface area contributed by atoms with E-state index in [-0.39, 0.29) is 0 Å². The average Bonchev–Trinajstić information content (AvgIpc) is 3.48. The quantitative estimate of drug-likeness (QED) is 0.200. The molecular formula is C36H37NO6. The molecule has 0 N–H and O–H groups in total. The summed E-state index contributed by atoms with van der Waals surface area (Å²) < 4.78 is 32.5. The molecular weight excluding hydrogens is 542 g/mol. The summed E-state index contributed by atoms with van der Waals surface area (Å²) in [6, 6.07) is 38.3. The van der Waals surface area contributed by atoms with Gasteiger partial charge in [-0.25, -0.2) is 0 Å². The Morgan fingerprint density at radius 3 is 1.72 bits per heavy atom. The summed E-state index contributed by atoms with van der Waals surface area (Å²) in [5.74, 6) is -1.29. The SMILES string of the molecule is CO[C@H]1O[C@@]2(CC(c3ccc(C)cc3)=NO2)[C@@H](OCc2ccccc2)[C@H](OCc2ccccc2)[C@H]1OCc1ccccc1. The fourth-order valence-electron chi connectivity index (χ4n) is 5.51. The zero-order valence-corrected chi connectivity index (χ0v) is 24.5. The van der Waals surface area contributed by atoms with Gasteiger partial charge in [-0.1, -0.05) is 126 Å². The van der Waals surface area contributed by atoms with Crippen LogP contribution in [0.15, 0.2) is 120 Å². The van der Waals surface area contributed by atoms with Crippen molar-refractivity contribution in [1.29, 1.82) is 0 Å². The molecule has 2 heterocycles. The van der Waals surface area contributed by atoms with Crippen molar-refractivity contribution in [3.05, 3.63) is 143 Å². The van der Waals surface area contributed by atoms with E-state index in [1.54, 1.807) is 7.11 Å². The maximum atomic E-state index is 6.71. The first-order valence-corrected chi connectivity index (χ1v) is 14.6. The van der Waals surface area contributed by atoms with Gasteiger partial charge in [0.05, 0.1) is 32.0 Å². The summed E-state index contributed by atoms with van der Waals surface area (Å²) in [5.41, 5.74) is 5.99. The number of hydrogen-bond acceptors (Lipinski definition) is 7. The molecule has 1 saturated heterocycles. The molecule has 0 bridgehead atoms. The van der Waals surface area contributed by atoms with Crippen molar-refractivity contribution in [2.75, 3.05) is 7.11 Å². The van der Waals surface area contributed by atoms with Gasteiger partial charge in [0, 0.05) is 7.11 Å². The highest BCUT2D eigenvalue weighted by Crippen LogP contribution is 2.43. The van der Waals surface area contributed by atoms with E-state index < -0.39 is 30.4 Å². The predicted molar refractivity (Wildman–Crippen MR) is 163 cm³/mol. The molecule has 0 saturated carbocycles. The molecule has 0 unspecified atom stereocenters. The van der Waals surface area contributed by atoms with Crippen LogP contribution < -0.4 is 0 Å². The van der Waals surface area contributed by atoms with Gasteiger partial charge in [0.1, 0.15) is 12.2 Å². The zero-order chi connectivity index (χ0) is 29.5. The van der Waals surface area contributed by atoms with Gasteiger partial charge in [0.2, 0.25) is 0 Å². The molecule has 0 aromatic heterocycles. The molecule has 7 heteroatoms. The first kappa shape index (κ1) is 29.2. The van der Waals surface area contributed by atoms with Gasteiger partial charge in [0.15, 0.2) is 12.4 Å². The first-order chi connectivity index (χ1) is 21.1. The van der Waals surface area contributed by atoms with Crippen LogP contribution in [-0.2, 0) is 48.3 Å². The van der Waals surface area contributed by atoms with Crippen LogP contribution in [0.5, 0.6) is 0 Å². The minimum atomic E-state index is -1.29. The molecule has 43 heavy (non-hydrogen) atoms. The molecule has 0 amide bonds. The van der Waals surface area contributed by atoms with E-state index in [2.05, 4.69) is 24.2 Å². The van der Waals surface area contributed by atoms with Crippen molar-refractivity contribution < 1.29 is 28.5 Å². The molecule has 0 aliphatic carbocycles. The van der Waals surface area contributed by atoms with Crippen molar-refractivity contribution >= 4 is 5.71 Å². The second-order valence-corrected chi connectivity index (χ2v) is 10.9. The molecule has 4 aromatic carbocycles. The van der Waals surface area contributed by atoms with Gasteiger partial charge in [-0.2, -0.15) is 0 Å². The Morgan fingerprint density at radius 1 is 0.674 bits per heavy atom. The number of ether oxygens (including phenoxy) is 5. The zero-order valence-electron chi connectivity index (χ0n) is 24.5. The summed E-state index contributed by atoms with van der Waals surface area (Å²) in [4.78, 5) is 6.23. The molecule has 5 atom stereocenters. The van der Waals surface area contributed by atoms with Crippen LogP contribution in [0.4, 0.5) is 0 Å². The Hall–Kier alpha value is -3.85. The fraction of sp³-hybridized carbons (Fsp3) is 0.306. The number of benzene rings is 4. The average molecular weight is 580 g/mol. The molecule has 2 aliphatic rings. The highest BCUT2D eigenvalue weighted by molar-refractivity contribution is 6.01. The second kappa shape index (κ2) is 13.6. The summed E-state index contributed by atoms with van der Waals surface area (Å²) in [6.07, 6.45) is -2.37. The number of nitrogens with zero attached hydrogens (tertiary/aromatic N) is 1. The van der Waals surface area contributed by atoms with Gasteiger partial charge < -0.3 is 28.5 Å². The maximum Gasteiger partial charge on any atom is 0.273 e. The topological polar surface area (TPSA) is 67.7 Å². The number of aryl methyl sites for hydroxylation is 1. The molecule has 222 valence electrons. The van der Waals surface area contributed by atoms with E-state index in [0.717, 1.165) is 28.0 Å². The van der Waals surface area contributed by atoms with Crippen LogP contribution in [0.3, 0.4) is 0 Å². The van der Waals surface area contributed by atoms with Crippen LogP contribution in [0, 0.1) is 6.92 Å². The Balaban J connectivity index is 1.34. The van der Waals surface area contributed by atoms with Gasteiger partial charge >= 0.3 is 0 Å². The van der Waals surface area contributed by atoms with E-state index in [0.29, 0.717) is 26.2 Å². The van der Waals surface area contributed by atoms with E-state index >= 15 is 0 Å². The number of oxime groups is 1. The van der Waals surface area contributed by atoms with Gasteiger partial charge in [-0.05, 0) is 29.2 Å². The van der Waals surface area contributed by atoms with E-state index in [9.17, 15) is 0 Å². The highest BCUT2D eigenvalue weighted by atomic mass is 16.8. The number of rotatable bonds is 11. The Bertz CT molecular complexity index is 1460. The molecule has 7 nitrogen and oxygen atoms in total. The van der Waals surface area contributed by atoms with Crippen molar-refractivity contribution in [3.63, 3.8) is 0 Å². The Morgan fingerprint density at radius 2 is 1.19 bits per heavy atom. The van der Waals surface area contributed by atoms with Crippen molar-refractivity contribution in [2.45, 2.75) is 63.6 Å². The Labute approximate surface area is 253 Å². The number of hydrogen-bond donors (Lipinski definition) is 0. The minimum absolute atomic E-state index is 0.327. The molecule has 1 fully saturated rings. The smallest absolute Gasteiger partial charge is 0.273 e. The third-order valence-corrected chi connectivity index (χ3v) is 7.82. The lowest BCUT2D eigenvalue weighted by atomic mass is 9.90. The lowest BCUT2D eigenvalue weighted by molar-refractivity contribution is -0.407. The van der Waals surface area contributed by atoms with E-state index in [4.69, 9.17) is 28.5 Å². The monoisotopic (exact) mass is 579 g/mol. The first-order valence-electron chi connectivity index (χ1n) is 14.6. The molecule has 0 radical (unpaired) electrons. The van der Waals surface area contributed by atoms with E-state index in [1.807, 2.05) is 103 Å². The summed E-state index contributed by atoms with van der Waals surface area (Å²) in [7, 11) is 1.60.